The molecule has 118 valence electrons. The first kappa shape index (κ1) is 16.2. The smallest absolute Gasteiger partial charge is 0.307 e. The Balaban J connectivity index is 2.21. The largest absolute Gasteiger partial charge is 0.493 e. The predicted molar refractivity (Wildman–Crippen MR) is 84.1 cm³/mol. The highest BCUT2D eigenvalue weighted by atomic mass is 16.5. The Kier molecular flexibility index (Phi) is 5.71. The van der Waals surface area contributed by atoms with Gasteiger partial charge in [0, 0.05) is 0 Å². The molecule has 22 heavy (non-hydrogen) atoms. The van der Waals surface area contributed by atoms with E-state index < -0.39 is 0 Å². The van der Waals surface area contributed by atoms with E-state index >= 15 is 0 Å². The lowest BCUT2D eigenvalue weighted by Gasteiger charge is -2.18. The zero-order chi connectivity index (χ0) is 15.9. The molecule has 0 heterocycles. The van der Waals surface area contributed by atoms with Crippen molar-refractivity contribution in [3.8, 4) is 23.8 Å². The number of carbonyl (C=O) groups excluding carboxylic acids is 1. The van der Waals surface area contributed by atoms with Crippen LogP contribution in [0.4, 0.5) is 0 Å². The molecule has 0 saturated heterocycles. The van der Waals surface area contributed by atoms with Crippen LogP contribution in [0.2, 0.25) is 0 Å². The molecule has 1 aromatic carbocycles. The van der Waals surface area contributed by atoms with Crippen LogP contribution in [-0.2, 0) is 9.53 Å². The lowest BCUT2D eigenvalue weighted by molar-refractivity contribution is -0.140. The SMILES string of the molecule is C#C[C@H](CC(=O)OC)c1ccc(OC)c(OC2CCCC2)c1. The average Bonchev–Trinajstić information content (AvgIpc) is 3.05. The Labute approximate surface area is 131 Å². The number of methoxy groups -OCH3 is 2. The van der Waals surface area contributed by atoms with Crippen LogP contribution in [0.3, 0.4) is 0 Å². The summed E-state index contributed by atoms with van der Waals surface area (Å²) in [6, 6.07) is 5.58. The van der Waals surface area contributed by atoms with Crippen LogP contribution < -0.4 is 9.47 Å². The van der Waals surface area contributed by atoms with Gasteiger partial charge in [0.15, 0.2) is 11.5 Å². The minimum absolute atomic E-state index is 0.155. The van der Waals surface area contributed by atoms with Crippen molar-refractivity contribution in [2.24, 2.45) is 0 Å². The standard InChI is InChI=1S/C18H22O4/c1-4-13(12-18(19)21-3)14-9-10-16(20-2)17(11-14)22-15-7-5-6-8-15/h1,9-11,13,15H,5-8,12H2,2-3H3/t13-/m1/s1. The lowest BCUT2D eigenvalue weighted by Crippen LogP contribution is -2.12. The zero-order valence-corrected chi connectivity index (χ0v) is 13.1. The van der Waals surface area contributed by atoms with Crippen molar-refractivity contribution in [2.45, 2.75) is 44.1 Å². The van der Waals surface area contributed by atoms with Gasteiger partial charge >= 0.3 is 5.97 Å². The molecular formula is C18H22O4. The second-order valence-corrected chi connectivity index (χ2v) is 5.43. The molecule has 0 aliphatic heterocycles. The van der Waals surface area contributed by atoms with Crippen molar-refractivity contribution in [3.63, 3.8) is 0 Å². The maximum atomic E-state index is 11.5. The fourth-order valence-corrected chi connectivity index (χ4v) is 2.71. The third kappa shape index (κ3) is 3.94. The minimum Gasteiger partial charge on any atom is -0.493 e. The minimum atomic E-state index is -0.329. The number of terminal acetylenes is 1. The van der Waals surface area contributed by atoms with Crippen LogP contribution in [0.15, 0.2) is 18.2 Å². The van der Waals surface area contributed by atoms with Crippen molar-refractivity contribution in [3.05, 3.63) is 23.8 Å². The van der Waals surface area contributed by atoms with Crippen LogP contribution in [-0.4, -0.2) is 26.3 Å². The summed E-state index contributed by atoms with van der Waals surface area (Å²) < 4.78 is 16.1. The molecule has 4 nitrogen and oxygen atoms in total. The summed E-state index contributed by atoms with van der Waals surface area (Å²) in [7, 11) is 2.97. The number of ether oxygens (including phenoxy) is 3. The summed E-state index contributed by atoms with van der Waals surface area (Å²) >= 11 is 0. The summed E-state index contributed by atoms with van der Waals surface area (Å²) in [5.74, 6) is 3.37. The van der Waals surface area contributed by atoms with Gasteiger partial charge in [0.05, 0.1) is 32.7 Å². The van der Waals surface area contributed by atoms with Crippen LogP contribution >= 0.6 is 0 Å². The van der Waals surface area contributed by atoms with Crippen molar-refractivity contribution in [2.75, 3.05) is 14.2 Å². The average molecular weight is 302 g/mol. The quantitative estimate of drug-likeness (QED) is 0.597. The van der Waals surface area contributed by atoms with Crippen LogP contribution in [0.5, 0.6) is 11.5 Å². The highest BCUT2D eigenvalue weighted by Crippen LogP contribution is 2.34. The molecule has 1 aliphatic carbocycles. The van der Waals surface area contributed by atoms with Crippen LogP contribution in [0.1, 0.15) is 43.6 Å². The molecule has 0 aromatic heterocycles. The van der Waals surface area contributed by atoms with Crippen molar-refractivity contribution in [1.82, 2.24) is 0 Å². The van der Waals surface area contributed by atoms with Gasteiger partial charge in [0.25, 0.3) is 0 Å². The van der Waals surface area contributed by atoms with Gasteiger partial charge in [-0.3, -0.25) is 4.79 Å². The summed E-state index contributed by atoms with van der Waals surface area (Å²) in [5, 5.41) is 0. The van der Waals surface area contributed by atoms with E-state index in [-0.39, 0.29) is 24.4 Å². The molecule has 0 unspecified atom stereocenters. The van der Waals surface area contributed by atoms with Gasteiger partial charge in [0.2, 0.25) is 0 Å². The van der Waals surface area contributed by atoms with E-state index in [4.69, 9.17) is 20.6 Å². The predicted octanol–water partition coefficient (Wildman–Crippen LogP) is 3.30. The van der Waals surface area contributed by atoms with Gasteiger partial charge in [-0.25, -0.2) is 0 Å². The third-order valence-corrected chi connectivity index (χ3v) is 3.99. The molecule has 1 atom stereocenters. The van der Waals surface area contributed by atoms with Gasteiger partial charge in [0.1, 0.15) is 0 Å². The monoisotopic (exact) mass is 302 g/mol. The zero-order valence-electron chi connectivity index (χ0n) is 13.1. The topological polar surface area (TPSA) is 44.8 Å². The molecule has 1 aliphatic rings. The van der Waals surface area contributed by atoms with Crippen molar-refractivity contribution in [1.29, 1.82) is 0 Å². The lowest BCUT2D eigenvalue weighted by atomic mass is 9.96. The van der Waals surface area contributed by atoms with E-state index in [0.29, 0.717) is 11.5 Å². The highest BCUT2D eigenvalue weighted by Gasteiger charge is 2.20. The molecule has 2 rings (SSSR count). The van der Waals surface area contributed by atoms with Crippen LogP contribution in [0.25, 0.3) is 0 Å². The molecule has 1 saturated carbocycles. The van der Waals surface area contributed by atoms with Gasteiger partial charge in [-0.1, -0.05) is 12.0 Å². The van der Waals surface area contributed by atoms with E-state index in [1.807, 2.05) is 18.2 Å². The molecular weight excluding hydrogens is 280 g/mol. The van der Waals surface area contributed by atoms with E-state index in [0.717, 1.165) is 18.4 Å². The maximum Gasteiger partial charge on any atom is 0.307 e. The fraction of sp³-hybridized carbons (Fsp3) is 0.500. The third-order valence-electron chi connectivity index (χ3n) is 3.99. The first-order valence-electron chi connectivity index (χ1n) is 7.55. The number of hydrogen-bond donors (Lipinski definition) is 0. The molecule has 0 radical (unpaired) electrons. The molecule has 1 fully saturated rings. The Morgan fingerprint density at radius 3 is 2.64 bits per heavy atom. The molecule has 4 heteroatoms. The molecule has 1 aromatic rings. The van der Waals surface area contributed by atoms with Gasteiger partial charge in [-0.2, -0.15) is 0 Å². The Hall–Kier alpha value is -2.15. The summed E-state index contributed by atoms with van der Waals surface area (Å²) in [4.78, 5) is 11.5. The molecule has 0 N–H and O–H groups in total. The number of esters is 1. The van der Waals surface area contributed by atoms with Crippen molar-refractivity contribution < 1.29 is 19.0 Å². The van der Waals surface area contributed by atoms with E-state index in [1.165, 1.54) is 20.0 Å². The molecule has 0 amide bonds. The van der Waals surface area contributed by atoms with E-state index in [2.05, 4.69) is 5.92 Å². The van der Waals surface area contributed by atoms with Crippen molar-refractivity contribution >= 4 is 5.97 Å². The second-order valence-electron chi connectivity index (χ2n) is 5.43. The summed E-state index contributed by atoms with van der Waals surface area (Å²) in [6.07, 6.45) is 10.5. The van der Waals surface area contributed by atoms with Gasteiger partial charge < -0.3 is 14.2 Å². The Morgan fingerprint density at radius 2 is 2.05 bits per heavy atom. The number of carbonyl (C=O) groups is 1. The number of rotatable bonds is 6. The Morgan fingerprint density at radius 1 is 1.32 bits per heavy atom. The highest BCUT2D eigenvalue weighted by molar-refractivity contribution is 5.71. The maximum absolute atomic E-state index is 11.5. The normalized spacial score (nSPS) is 15.9. The van der Waals surface area contributed by atoms with E-state index in [9.17, 15) is 4.79 Å². The van der Waals surface area contributed by atoms with Gasteiger partial charge in [-0.05, 0) is 43.4 Å². The Bertz CT molecular complexity index is 553. The molecule has 0 spiro atoms. The van der Waals surface area contributed by atoms with E-state index in [1.54, 1.807) is 7.11 Å². The van der Waals surface area contributed by atoms with Gasteiger partial charge in [-0.15, -0.1) is 6.42 Å². The second kappa shape index (κ2) is 7.74. The molecule has 0 bridgehead atoms. The number of benzene rings is 1. The van der Waals surface area contributed by atoms with Crippen LogP contribution in [0, 0.1) is 12.3 Å². The fourth-order valence-electron chi connectivity index (χ4n) is 2.71. The number of hydrogen-bond acceptors (Lipinski definition) is 4. The first-order valence-corrected chi connectivity index (χ1v) is 7.55. The first-order chi connectivity index (χ1) is 10.7. The summed E-state index contributed by atoms with van der Waals surface area (Å²) in [5.41, 5.74) is 0.863. The summed E-state index contributed by atoms with van der Waals surface area (Å²) in [6.45, 7) is 0.